The van der Waals surface area contributed by atoms with Gasteiger partial charge in [0.25, 0.3) is 0 Å². The summed E-state index contributed by atoms with van der Waals surface area (Å²) < 4.78 is 0.974. The van der Waals surface area contributed by atoms with E-state index in [1.807, 2.05) is 80.8 Å². The standard InChI is InChI=1S/C27H26BrClN2O/c1-31(2)16-15-27(32,21-11-7-4-8-12-21)25(19-9-5-3-6-10-19)23-18-20-17-22(28)13-14-24(20)30-26(23)29/h3-14,17-18,25,32H,15-16H2,1-2H3/t25-,27+/m0/s1. The van der Waals surface area contributed by atoms with Gasteiger partial charge < -0.3 is 10.0 Å². The number of benzene rings is 3. The minimum atomic E-state index is -1.18. The predicted molar refractivity (Wildman–Crippen MR) is 136 cm³/mol. The fraction of sp³-hybridized carbons (Fsp3) is 0.222. The normalized spacial score (nSPS) is 14.4. The van der Waals surface area contributed by atoms with Crippen LogP contribution < -0.4 is 0 Å². The van der Waals surface area contributed by atoms with E-state index < -0.39 is 11.5 Å². The first-order valence-electron chi connectivity index (χ1n) is 10.6. The summed E-state index contributed by atoms with van der Waals surface area (Å²) >= 11 is 10.4. The Kier molecular flexibility index (Phi) is 6.96. The summed E-state index contributed by atoms with van der Waals surface area (Å²) in [5.41, 5.74) is 2.31. The molecule has 3 aromatic carbocycles. The van der Waals surface area contributed by atoms with Crippen molar-refractivity contribution in [2.45, 2.75) is 17.9 Å². The van der Waals surface area contributed by atoms with E-state index in [9.17, 15) is 5.11 Å². The second kappa shape index (κ2) is 9.72. The molecule has 0 aliphatic carbocycles. The van der Waals surface area contributed by atoms with Gasteiger partial charge in [0.2, 0.25) is 0 Å². The number of aromatic nitrogens is 1. The molecule has 5 heteroatoms. The number of nitrogens with zero attached hydrogens (tertiary/aromatic N) is 2. The molecule has 3 nitrogen and oxygen atoms in total. The third-order valence-electron chi connectivity index (χ3n) is 5.89. The molecule has 1 heterocycles. The van der Waals surface area contributed by atoms with Crippen LogP contribution in [0.2, 0.25) is 5.15 Å². The van der Waals surface area contributed by atoms with Gasteiger partial charge in [-0.25, -0.2) is 4.98 Å². The predicted octanol–water partition coefficient (Wildman–Crippen LogP) is 6.62. The molecule has 4 rings (SSSR count). The van der Waals surface area contributed by atoms with Gasteiger partial charge in [-0.15, -0.1) is 0 Å². The lowest BCUT2D eigenvalue weighted by molar-refractivity contribution is 0.00446. The van der Waals surface area contributed by atoms with E-state index in [2.05, 4.69) is 44.0 Å². The average molecular weight is 510 g/mol. The van der Waals surface area contributed by atoms with Crippen molar-refractivity contribution in [3.05, 3.63) is 111 Å². The van der Waals surface area contributed by atoms with E-state index >= 15 is 0 Å². The van der Waals surface area contributed by atoms with Crippen molar-refractivity contribution in [3.8, 4) is 0 Å². The monoisotopic (exact) mass is 508 g/mol. The molecule has 0 aliphatic heterocycles. The number of fused-ring (bicyclic) bond motifs is 1. The molecule has 2 atom stereocenters. The Balaban J connectivity index is 1.98. The van der Waals surface area contributed by atoms with Crippen LogP contribution in [0.15, 0.2) is 89.4 Å². The van der Waals surface area contributed by atoms with Gasteiger partial charge in [0.15, 0.2) is 0 Å². The first-order valence-corrected chi connectivity index (χ1v) is 11.8. The first kappa shape index (κ1) is 22.9. The molecule has 164 valence electrons. The molecule has 0 bridgehead atoms. The molecule has 0 spiro atoms. The minimum absolute atomic E-state index is 0.394. The van der Waals surface area contributed by atoms with Crippen LogP contribution in [0.4, 0.5) is 0 Å². The van der Waals surface area contributed by atoms with Gasteiger partial charge in [0.05, 0.1) is 5.52 Å². The lowest BCUT2D eigenvalue weighted by atomic mass is 9.72. The summed E-state index contributed by atoms with van der Waals surface area (Å²) in [4.78, 5) is 6.78. The van der Waals surface area contributed by atoms with Gasteiger partial charge in [0, 0.05) is 27.9 Å². The summed E-state index contributed by atoms with van der Waals surface area (Å²) in [5.74, 6) is -0.394. The minimum Gasteiger partial charge on any atom is -0.384 e. The van der Waals surface area contributed by atoms with Gasteiger partial charge in [-0.3, -0.25) is 0 Å². The van der Waals surface area contributed by atoms with Crippen molar-refractivity contribution in [3.63, 3.8) is 0 Å². The quantitative estimate of drug-likeness (QED) is 0.284. The maximum Gasteiger partial charge on any atom is 0.133 e. The molecular weight excluding hydrogens is 484 g/mol. The number of aliphatic hydroxyl groups is 1. The lowest BCUT2D eigenvalue weighted by Crippen LogP contribution is -2.37. The van der Waals surface area contributed by atoms with Crippen molar-refractivity contribution in [2.24, 2.45) is 0 Å². The number of rotatable bonds is 7. The first-order chi connectivity index (χ1) is 15.4. The Labute approximate surface area is 202 Å². The third kappa shape index (κ3) is 4.74. The molecule has 0 radical (unpaired) electrons. The summed E-state index contributed by atoms with van der Waals surface area (Å²) in [7, 11) is 4.04. The smallest absolute Gasteiger partial charge is 0.133 e. The molecule has 0 saturated carbocycles. The zero-order valence-electron chi connectivity index (χ0n) is 18.2. The zero-order valence-corrected chi connectivity index (χ0v) is 20.5. The highest BCUT2D eigenvalue weighted by Crippen LogP contribution is 2.46. The van der Waals surface area contributed by atoms with Crippen LogP contribution in [-0.4, -0.2) is 35.6 Å². The SMILES string of the molecule is CN(C)CC[C@@](O)(c1ccccc1)[C@@H](c1ccccc1)c1cc2cc(Br)ccc2nc1Cl. The largest absolute Gasteiger partial charge is 0.384 e. The van der Waals surface area contributed by atoms with Crippen LogP contribution in [0.25, 0.3) is 10.9 Å². The van der Waals surface area contributed by atoms with E-state index in [0.717, 1.165) is 38.6 Å². The van der Waals surface area contributed by atoms with Crippen LogP contribution in [0, 0.1) is 0 Å². The van der Waals surface area contributed by atoms with Crippen LogP contribution in [0.3, 0.4) is 0 Å². The van der Waals surface area contributed by atoms with Gasteiger partial charge in [-0.05, 0) is 55.9 Å². The second-order valence-electron chi connectivity index (χ2n) is 8.39. The highest BCUT2D eigenvalue weighted by atomic mass is 79.9. The Morgan fingerprint density at radius 2 is 1.62 bits per heavy atom. The molecule has 4 aromatic rings. The van der Waals surface area contributed by atoms with E-state index in [1.54, 1.807) is 0 Å². The maximum atomic E-state index is 12.4. The van der Waals surface area contributed by atoms with Crippen molar-refractivity contribution in [2.75, 3.05) is 20.6 Å². The topological polar surface area (TPSA) is 36.4 Å². The molecule has 32 heavy (non-hydrogen) atoms. The Morgan fingerprint density at radius 1 is 0.969 bits per heavy atom. The number of hydrogen-bond donors (Lipinski definition) is 1. The van der Waals surface area contributed by atoms with Crippen molar-refractivity contribution in [1.82, 2.24) is 9.88 Å². The average Bonchev–Trinajstić information content (AvgIpc) is 2.80. The molecule has 0 saturated heterocycles. The Bertz CT molecular complexity index is 1200. The number of halogens is 2. The molecule has 0 aliphatic rings. The summed E-state index contributed by atoms with van der Waals surface area (Å²) in [6, 6.07) is 28.0. The Morgan fingerprint density at radius 3 is 2.28 bits per heavy atom. The number of hydrogen-bond acceptors (Lipinski definition) is 3. The van der Waals surface area contributed by atoms with Crippen molar-refractivity contribution in [1.29, 1.82) is 0 Å². The van der Waals surface area contributed by atoms with Crippen molar-refractivity contribution < 1.29 is 5.11 Å². The highest BCUT2D eigenvalue weighted by molar-refractivity contribution is 9.10. The van der Waals surface area contributed by atoms with Crippen LogP contribution >= 0.6 is 27.5 Å². The third-order valence-corrected chi connectivity index (χ3v) is 6.69. The van der Waals surface area contributed by atoms with E-state index in [4.69, 9.17) is 11.6 Å². The summed E-state index contributed by atoms with van der Waals surface area (Å²) in [5, 5.41) is 13.8. The van der Waals surface area contributed by atoms with Crippen LogP contribution in [0.1, 0.15) is 29.0 Å². The van der Waals surface area contributed by atoms with Gasteiger partial charge in [-0.2, -0.15) is 0 Å². The fourth-order valence-electron chi connectivity index (χ4n) is 4.28. The molecule has 0 fully saturated rings. The number of pyridine rings is 1. The van der Waals surface area contributed by atoms with Gasteiger partial charge in [-0.1, -0.05) is 88.2 Å². The summed E-state index contributed by atoms with van der Waals surface area (Å²) in [6.07, 6.45) is 0.538. The van der Waals surface area contributed by atoms with E-state index in [-0.39, 0.29) is 0 Å². The van der Waals surface area contributed by atoms with Crippen LogP contribution in [-0.2, 0) is 5.60 Å². The molecule has 0 amide bonds. The maximum absolute atomic E-state index is 12.4. The van der Waals surface area contributed by atoms with E-state index in [1.165, 1.54) is 0 Å². The van der Waals surface area contributed by atoms with Gasteiger partial charge >= 0.3 is 0 Å². The molecule has 1 aromatic heterocycles. The highest BCUT2D eigenvalue weighted by Gasteiger charge is 2.41. The molecular formula is C27H26BrClN2O. The van der Waals surface area contributed by atoms with Crippen LogP contribution in [0.5, 0.6) is 0 Å². The second-order valence-corrected chi connectivity index (χ2v) is 9.67. The lowest BCUT2D eigenvalue weighted by Gasteiger charge is -2.38. The summed E-state index contributed by atoms with van der Waals surface area (Å²) in [6.45, 7) is 0.721. The fourth-order valence-corrected chi connectivity index (χ4v) is 4.91. The molecule has 0 unspecified atom stereocenters. The van der Waals surface area contributed by atoms with Crippen molar-refractivity contribution >= 4 is 38.4 Å². The van der Waals surface area contributed by atoms with E-state index in [0.29, 0.717) is 11.6 Å². The van der Waals surface area contributed by atoms with Gasteiger partial charge in [0.1, 0.15) is 10.8 Å². The Hall–Kier alpha value is -2.24. The zero-order chi connectivity index (χ0) is 22.7. The molecule has 1 N–H and O–H groups in total.